The average molecular weight is 556 g/mol. The quantitative estimate of drug-likeness (QED) is 0.177. The molecule has 1 amide bonds. The standard InChI is InChI=1S/C26H26BrN3O6/c1-2-35-24-15-19(16-28-29-25(32)13-12-23(31)20-6-4-3-5-7-20)14-22(27)26(24)36-17-18-8-10-21(11-9-18)30(33)34/h3-11,14-16,23,31H,2,12-13,17H2,1H3,(H,29,32). The molecule has 0 radical (unpaired) electrons. The maximum Gasteiger partial charge on any atom is 0.269 e. The number of benzene rings is 3. The van der Waals surface area contributed by atoms with Gasteiger partial charge in [-0.05, 0) is 70.2 Å². The highest BCUT2D eigenvalue weighted by atomic mass is 79.9. The van der Waals surface area contributed by atoms with Crippen molar-refractivity contribution in [3.05, 3.63) is 98.0 Å². The Balaban J connectivity index is 1.58. The van der Waals surface area contributed by atoms with Crippen molar-refractivity contribution in [3.63, 3.8) is 0 Å². The molecule has 2 N–H and O–H groups in total. The number of hydrazone groups is 1. The molecular weight excluding hydrogens is 530 g/mol. The molecule has 3 aromatic rings. The zero-order valence-electron chi connectivity index (χ0n) is 19.6. The van der Waals surface area contributed by atoms with Crippen LogP contribution in [0.1, 0.15) is 42.6 Å². The highest BCUT2D eigenvalue weighted by molar-refractivity contribution is 9.10. The van der Waals surface area contributed by atoms with Crippen LogP contribution in [0.2, 0.25) is 0 Å². The number of rotatable bonds is 12. The number of hydrogen-bond donors (Lipinski definition) is 2. The fourth-order valence-electron chi connectivity index (χ4n) is 3.28. The Labute approximate surface area is 217 Å². The number of amides is 1. The van der Waals surface area contributed by atoms with E-state index in [2.05, 4.69) is 26.5 Å². The summed E-state index contributed by atoms with van der Waals surface area (Å²) in [6.07, 6.45) is 1.17. The van der Waals surface area contributed by atoms with Crippen LogP contribution in [0.4, 0.5) is 5.69 Å². The molecule has 0 bridgehead atoms. The van der Waals surface area contributed by atoms with E-state index >= 15 is 0 Å². The number of nitrogens with zero attached hydrogens (tertiary/aromatic N) is 2. The summed E-state index contributed by atoms with van der Waals surface area (Å²) in [5.41, 5.74) is 4.67. The van der Waals surface area contributed by atoms with Crippen LogP contribution in [0.25, 0.3) is 0 Å². The molecule has 0 aliphatic carbocycles. The minimum atomic E-state index is -0.718. The summed E-state index contributed by atoms with van der Waals surface area (Å²) in [7, 11) is 0. The van der Waals surface area contributed by atoms with Gasteiger partial charge in [0.2, 0.25) is 5.91 Å². The van der Waals surface area contributed by atoms with E-state index in [0.29, 0.717) is 28.1 Å². The minimum Gasteiger partial charge on any atom is -0.490 e. The first-order valence-electron chi connectivity index (χ1n) is 11.2. The maximum absolute atomic E-state index is 12.1. The lowest BCUT2D eigenvalue weighted by atomic mass is 10.1. The smallest absolute Gasteiger partial charge is 0.269 e. The van der Waals surface area contributed by atoms with Crippen LogP contribution in [0.3, 0.4) is 0 Å². The summed E-state index contributed by atoms with van der Waals surface area (Å²) in [5.74, 6) is 0.646. The summed E-state index contributed by atoms with van der Waals surface area (Å²) < 4.78 is 12.2. The van der Waals surface area contributed by atoms with Gasteiger partial charge in [-0.1, -0.05) is 30.3 Å². The van der Waals surface area contributed by atoms with Gasteiger partial charge in [0, 0.05) is 18.6 Å². The molecule has 36 heavy (non-hydrogen) atoms. The molecule has 0 saturated heterocycles. The van der Waals surface area contributed by atoms with Crippen LogP contribution in [0, 0.1) is 10.1 Å². The van der Waals surface area contributed by atoms with E-state index < -0.39 is 11.0 Å². The SMILES string of the molecule is CCOc1cc(C=NNC(=O)CCC(O)c2ccccc2)cc(Br)c1OCc1ccc([N+](=O)[O-])cc1. The number of aliphatic hydroxyl groups excluding tert-OH is 1. The van der Waals surface area contributed by atoms with Crippen molar-refractivity contribution >= 4 is 33.7 Å². The van der Waals surface area contributed by atoms with E-state index in [4.69, 9.17) is 9.47 Å². The first kappa shape index (κ1) is 26.8. The van der Waals surface area contributed by atoms with Crippen LogP contribution < -0.4 is 14.9 Å². The molecule has 9 nitrogen and oxygen atoms in total. The Morgan fingerprint density at radius 3 is 2.56 bits per heavy atom. The van der Waals surface area contributed by atoms with Crippen molar-refractivity contribution in [2.45, 2.75) is 32.5 Å². The molecule has 0 heterocycles. The third-order valence-corrected chi connectivity index (χ3v) is 5.68. The number of nitro groups is 1. The number of halogens is 1. The van der Waals surface area contributed by atoms with Gasteiger partial charge in [-0.25, -0.2) is 5.43 Å². The summed E-state index contributed by atoms with van der Waals surface area (Å²) in [5, 5.41) is 25.0. The van der Waals surface area contributed by atoms with Crippen LogP contribution >= 0.6 is 15.9 Å². The monoisotopic (exact) mass is 555 g/mol. The van der Waals surface area contributed by atoms with Crippen LogP contribution in [0.5, 0.6) is 11.5 Å². The molecule has 3 aromatic carbocycles. The Morgan fingerprint density at radius 2 is 1.89 bits per heavy atom. The Morgan fingerprint density at radius 1 is 1.17 bits per heavy atom. The molecule has 10 heteroatoms. The second-order valence-corrected chi connectivity index (χ2v) is 8.59. The van der Waals surface area contributed by atoms with E-state index in [1.807, 2.05) is 37.3 Å². The number of hydrogen-bond acceptors (Lipinski definition) is 7. The maximum atomic E-state index is 12.1. The van der Waals surface area contributed by atoms with Gasteiger partial charge in [0.1, 0.15) is 6.61 Å². The number of aliphatic hydroxyl groups is 1. The van der Waals surface area contributed by atoms with E-state index in [0.717, 1.165) is 11.1 Å². The summed E-state index contributed by atoms with van der Waals surface area (Å²) in [6.45, 7) is 2.44. The predicted molar refractivity (Wildman–Crippen MR) is 139 cm³/mol. The van der Waals surface area contributed by atoms with Crippen molar-refractivity contribution < 1.29 is 24.3 Å². The minimum absolute atomic E-state index is 0.0121. The molecule has 188 valence electrons. The molecule has 0 spiro atoms. The molecule has 0 aliphatic heterocycles. The summed E-state index contributed by atoms with van der Waals surface area (Å²) >= 11 is 3.48. The lowest BCUT2D eigenvalue weighted by molar-refractivity contribution is -0.384. The molecule has 0 saturated carbocycles. The molecular formula is C26H26BrN3O6. The Bertz CT molecular complexity index is 1200. The van der Waals surface area contributed by atoms with Crippen molar-refractivity contribution in [1.29, 1.82) is 0 Å². The molecule has 0 aliphatic rings. The highest BCUT2D eigenvalue weighted by Crippen LogP contribution is 2.37. The van der Waals surface area contributed by atoms with E-state index in [-0.39, 0.29) is 31.0 Å². The fraction of sp³-hybridized carbons (Fsp3) is 0.231. The van der Waals surface area contributed by atoms with Gasteiger partial charge in [-0.15, -0.1) is 0 Å². The van der Waals surface area contributed by atoms with Gasteiger partial charge in [0.15, 0.2) is 11.5 Å². The number of ether oxygens (including phenoxy) is 2. The van der Waals surface area contributed by atoms with Crippen LogP contribution in [-0.4, -0.2) is 28.8 Å². The van der Waals surface area contributed by atoms with Gasteiger partial charge in [-0.2, -0.15) is 5.10 Å². The molecule has 0 aromatic heterocycles. The molecule has 1 atom stereocenters. The van der Waals surface area contributed by atoms with Crippen molar-refractivity contribution in [2.75, 3.05) is 6.61 Å². The second kappa shape index (κ2) is 13.4. The number of carbonyl (C=O) groups excluding carboxylic acids is 1. The first-order chi connectivity index (χ1) is 17.4. The number of nitrogens with one attached hydrogen (secondary N) is 1. The summed E-state index contributed by atoms with van der Waals surface area (Å²) in [6, 6.07) is 18.8. The highest BCUT2D eigenvalue weighted by Gasteiger charge is 2.13. The number of nitro benzene ring substituents is 1. The third-order valence-electron chi connectivity index (χ3n) is 5.09. The Kier molecular flexibility index (Phi) is 9.96. The van der Waals surface area contributed by atoms with Gasteiger partial charge in [-0.3, -0.25) is 14.9 Å². The average Bonchev–Trinajstić information content (AvgIpc) is 2.87. The molecule has 0 fully saturated rings. The topological polar surface area (TPSA) is 123 Å². The van der Waals surface area contributed by atoms with Gasteiger partial charge in [0.25, 0.3) is 5.69 Å². The van der Waals surface area contributed by atoms with E-state index in [1.54, 1.807) is 24.3 Å². The van der Waals surface area contributed by atoms with Crippen molar-refractivity contribution in [2.24, 2.45) is 5.10 Å². The normalized spacial score (nSPS) is 11.8. The zero-order chi connectivity index (χ0) is 25.9. The zero-order valence-corrected chi connectivity index (χ0v) is 21.2. The lowest BCUT2D eigenvalue weighted by Gasteiger charge is -2.14. The van der Waals surface area contributed by atoms with Crippen molar-refractivity contribution in [1.82, 2.24) is 5.43 Å². The van der Waals surface area contributed by atoms with Gasteiger partial charge >= 0.3 is 0 Å². The molecule has 3 rings (SSSR count). The van der Waals surface area contributed by atoms with Crippen molar-refractivity contribution in [3.8, 4) is 11.5 Å². The third kappa shape index (κ3) is 7.89. The van der Waals surface area contributed by atoms with Crippen LogP contribution in [-0.2, 0) is 11.4 Å². The number of non-ortho nitro benzene ring substituents is 1. The van der Waals surface area contributed by atoms with E-state index in [1.165, 1.54) is 18.3 Å². The lowest BCUT2D eigenvalue weighted by Crippen LogP contribution is -2.18. The van der Waals surface area contributed by atoms with E-state index in [9.17, 15) is 20.0 Å². The first-order valence-corrected chi connectivity index (χ1v) is 12.0. The summed E-state index contributed by atoms with van der Waals surface area (Å²) in [4.78, 5) is 22.5. The number of carbonyl (C=O) groups is 1. The predicted octanol–water partition coefficient (Wildman–Crippen LogP) is 5.30. The van der Waals surface area contributed by atoms with Gasteiger partial charge in [0.05, 0.1) is 28.3 Å². The second-order valence-electron chi connectivity index (χ2n) is 7.73. The molecule has 1 unspecified atom stereocenters. The van der Waals surface area contributed by atoms with Crippen LogP contribution in [0.15, 0.2) is 76.3 Å². The van der Waals surface area contributed by atoms with Gasteiger partial charge < -0.3 is 14.6 Å². The Hall–Kier alpha value is -3.76. The largest absolute Gasteiger partial charge is 0.490 e. The fourth-order valence-corrected chi connectivity index (χ4v) is 3.85.